The molecule has 0 amide bonds. The smallest absolute Gasteiger partial charge is 0.463 e. The highest BCUT2D eigenvalue weighted by molar-refractivity contribution is 7.47. The Bertz CT molecular complexity index is 2540. The molecule has 0 saturated heterocycles. The second kappa shape index (κ2) is 78.7. The summed E-state index contributed by atoms with van der Waals surface area (Å²) in [5, 5.41) is 20.7. The molecule has 0 heterocycles. The maximum atomic E-state index is 13.0. The Morgan fingerprint density at radius 2 is 0.505 bits per heavy atom. The van der Waals surface area contributed by atoms with E-state index in [4.69, 9.17) is 32.3 Å². The quantitative estimate of drug-likeness (QED) is 0.0146. The van der Waals surface area contributed by atoms with Gasteiger partial charge < -0.3 is 34.2 Å². The molecule has 0 aliphatic rings. The number of carbonyl (C=O) groups excluding carboxylic acids is 3. The molecule has 0 saturated carbocycles. The van der Waals surface area contributed by atoms with Crippen molar-refractivity contribution in [2.45, 2.75) is 334 Å². The molecular weight excluding hydrogens is 1360 g/mol. The third-order valence-electron chi connectivity index (χ3n) is 16.7. The zero-order chi connectivity index (χ0) is 76.6. The maximum absolute atomic E-state index is 13.0. The molecule has 0 aromatic carbocycles. The summed E-state index contributed by atoms with van der Waals surface area (Å²) in [6.45, 7) is 2.41. The summed E-state index contributed by atoms with van der Waals surface area (Å²) in [5.74, 6) is -1.61. The number of hydrogen-bond acceptors (Lipinski definition) is 14. The Kier molecular flexibility index (Phi) is 75.1. The molecule has 0 aliphatic carbocycles. The zero-order valence-corrected chi connectivity index (χ0v) is 67.4. The van der Waals surface area contributed by atoms with Crippen LogP contribution in [0.25, 0.3) is 0 Å². The van der Waals surface area contributed by atoms with Gasteiger partial charge in [-0.2, -0.15) is 0 Å². The van der Waals surface area contributed by atoms with Crippen LogP contribution in [0.1, 0.15) is 316 Å². The molecule has 0 radical (unpaired) electrons. The minimum absolute atomic E-state index is 0.0828. The van der Waals surface area contributed by atoms with E-state index in [1.54, 1.807) is 0 Å². The molecule has 18 heteroatoms. The van der Waals surface area contributed by atoms with Gasteiger partial charge in [-0.05, 0) is 148 Å². The molecule has 0 bridgehead atoms. The van der Waals surface area contributed by atoms with E-state index < -0.39 is 91.5 Å². The highest BCUT2D eigenvalue weighted by Crippen LogP contribution is 2.45. The van der Waals surface area contributed by atoms with Crippen LogP contribution in [0.5, 0.6) is 0 Å². The van der Waals surface area contributed by atoms with Crippen LogP contribution in [0.15, 0.2) is 158 Å². The number of aliphatic hydroxyl groups is 2. The van der Waals surface area contributed by atoms with E-state index in [9.17, 15) is 43.5 Å². The number of allylic oxidation sites excluding steroid dienone is 26. The number of ether oxygens (including phenoxy) is 3. The lowest BCUT2D eigenvalue weighted by Crippen LogP contribution is -2.30. The van der Waals surface area contributed by atoms with Crippen LogP contribution in [0.4, 0.5) is 0 Å². The summed E-state index contributed by atoms with van der Waals surface area (Å²) in [6, 6.07) is 0. The highest BCUT2D eigenvalue weighted by Gasteiger charge is 2.29. The molecule has 0 fully saturated rings. The van der Waals surface area contributed by atoms with Crippen LogP contribution < -0.4 is 0 Å². The molecule has 0 aromatic heterocycles. The maximum Gasteiger partial charge on any atom is 0.472 e. The molecule has 0 rings (SSSR count). The van der Waals surface area contributed by atoms with Crippen LogP contribution in [0.3, 0.4) is 0 Å². The lowest BCUT2D eigenvalue weighted by Gasteiger charge is -2.21. The molecule has 4 N–H and O–H groups in total. The van der Waals surface area contributed by atoms with Crippen molar-refractivity contribution in [3.8, 4) is 0 Å². The number of carbonyl (C=O) groups is 3. The second-order valence-corrected chi connectivity index (χ2v) is 29.7. The first-order valence-corrected chi connectivity index (χ1v) is 43.8. The lowest BCUT2D eigenvalue weighted by molar-refractivity contribution is -0.161. The molecule has 16 nitrogen and oxygen atoms in total. The van der Waals surface area contributed by atoms with E-state index in [0.717, 1.165) is 193 Å². The van der Waals surface area contributed by atoms with Gasteiger partial charge in [0.1, 0.15) is 25.4 Å². The Labute approximate surface area is 638 Å². The number of phosphoric ester groups is 2. The Balaban J connectivity index is 4.65. The summed E-state index contributed by atoms with van der Waals surface area (Å²) in [4.78, 5) is 58.8. The number of phosphoric acid groups is 2. The van der Waals surface area contributed by atoms with Crippen LogP contribution in [-0.2, 0) is 55.8 Å². The van der Waals surface area contributed by atoms with Gasteiger partial charge >= 0.3 is 33.6 Å². The lowest BCUT2D eigenvalue weighted by atomic mass is 10.0. The predicted molar refractivity (Wildman–Crippen MR) is 435 cm³/mol. The fourth-order valence-corrected chi connectivity index (χ4v) is 12.2. The number of rotatable bonds is 76. The van der Waals surface area contributed by atoms with Crippen molar-refractivity contribution in [1.29, 1.82) is 0 Å². The molecule has 0 aromatic rings. The van der Waals surface area contributed by atoms with E-state index in [1.807, 2.05) is 0 Å². The molecule has 600 valence electrons. The Morgan fingerprint density at radius 3 is 0.800 bits per heavy atom. The van der Waals surface area contributed by atoms with Crippen molar-refractivity contribution < 1.29 is 75.8 Å². The molecular formula is C87H146O16P2. The number of aliphatic hydroxyl groups excluding tert-OH is 2. The summed E-state index contributed by atoms with van der Waals surface area (Å²) >= 11 is 0. The monoisotopic (exact) mass is 1510 g/mol. The van der Waals surface area contributed by atoms with Gasteiger partial charge in [0.2, 0.25) is 0 Å². The third kappa shape index (κ3) is 80.0. The first kappa shape index (κ1) is 100. The number of esters is 3. The summed E-state index contributed by atoms with van der Waals surface area (Å²) in [6.07, 6.45) is 98.4. The average molecular weight is 1510 g/mol. The molecule has 0 spiro atoms. The van der Waals surface area contributed by atoms with Crippen LogP contribution in [0.2, 0.25) is 0 Å². The number of hydrogen-bond donors (Lipinski definition) is 4. The van der Waals surface area contributed by atoms with Crippen molar-refractivity contribution in [3.63, 3.8) is 0 Å². The Hall–Kier alpha value is -4.83. The molecule has 5 unspecified atom stereocenters. The SMILES string of the molecule is CC/C=C\C/C=C\C/C=C\C/C=C\C/C=C\CCCCCCCCCCCCCC(=O)OCC(O)COP(=O)(O)OCC(O)COP(=O)(O)OCC(COC(=O)CCCCCCCCC/C=C\C/C=C\C/C=C\C/C=C\C/C=C\CC)OC(=O)CCCCCCCC/C=C\C/C=C\C/C=C\CCCCC. The molecule has 5 atom stereocenters. The van der Waals surface area contributed by atoms with E-state index in [-0.39, 0.29) is 19.3 Å². The molecule has 0 aliphatic heterocycles. The zero-order valence-electron chi connectivity index (χ0n) is 65.6. The first-order chi connectivity index (χ1) is 51.2. The molecule has 105 heavy (non-hydrogen) atoms. The largest absolute Gasteiger partial charge is 0.472 e. The van der Waals surface area contributed by atoms with Crippen molar-refractivity contribution in [2.75, 3.05) is 39.6 Å². The van der Waals surface area contributed by atoms with Crippen LogP contribution in [0, 0.1) is 0 Å². The average Bonchev–Trinajstić information content (AvgIpc) is 0.941. The minimum atomic E-state index is -4.95. The number of unbranched alkanes of at least 4 members (excludes halogenated alkanes) is 27. The Morgan fingerprint density at radius 1 is 0.276 bits per heavy atom. The summed E-state index contributed by atoms with van der Waals surface area (Å²) < 4.78 is 61.2. The van der Waals surface area contributed by atoms with Crippen LogP contribution >= 0.6 is 15.6 Å². The first-order valence-electron chi connectivity index (χ1n) is 40.8. The van der Waals surface area contributed by atoms with Gasteiger partial charge in [0.15, 0.2) is 6.10 Å². The van der Waals surface area contributed by atoms with Crippen LogP contribution in [-0.4, -0.2) is 95.9 Å². The van der Waals surface area contributed by atoms with Gasteiger partial charge in [0, 0.05) is 19.3 Å². The minimum Gasteiger partial charge on any atom is -0.463 e. The highest BCUT2D eigenvalue weighted by atomic mass is 31.2. The van der Waals surface area contributed by atoms with Gasteiger partial charge in [-0.25, -0.2) is 9.13 Å². The van der Waals surface area contributed by atoms with Crippen molar-refractivity contribution in [1.82, 2.24) is 0 Å². The van der Waals surface area contributed by atoms with E-state index in [0.29, 0.717) is 19.3 Å². The van der Waals surface area contributed by atoms with Crippen molar-refractivity contribution in [2.24, 2.45) is 0 Å². The standard InChI is InChI=1S/C87H146O16P2/c1-4-7-10-13-16-19-22-25-28-31-34-36-38-39-40-41-43-45-47-49-52-55-58-61-64-67-70-73-85(90)97-76-82(88)77-99-104(93,94)100-78-83(89)79-101-105(95,96)102-81-84(103-87(92)75-72-69-66-63-60-57-54-51-46-33-30-27-24-21-18-15-12-9-6-3)80-98-86(91)74-71-68-65-62-59-56-53-50-48-44-42-37-35-32-29-26-23-20-17-14-11-8-5-2/h7-8,10-11,16-21,25-30,34-37,39-40,44,46,48,51,82-84,88-89H,4-6,9,12-15,22-24,31-33,38,41-43,45,47,49-50,52-81H2,1-3H3,(H,93,94)(H,95,96)/b10-7-,11-8-,19-16-,20-17-,21-18-,28-25-,29-26-,30-27-,36-34-,37-35-,40-39-,48-44-,51-46-. The summed E-state index contributed by atoms with van der Waals surface area (Å²) in [5.41, 5.74) is 0. The van der Waals surface area contributed by atoms with Gasteiger partial charge in [-0.3, -0.25) is 32.5 Å². The van der Waals surface area contributed by atoms with Gasteiger partial charge in [-0.1, -0.05) is 307 Å². The topological polar surface area (TPSA) is 231 Å². The fourth-order valence-electron chi connectivity index (χ4n) is 10.6. The van der Waals surface area contributed by atoms with Gasteiger partial charge in [0.05, 0.1) is 26.4 Å². The van der Waals surface area contributed by atoms with Crippen molar-refractivity contribution in [3.05, 3.63) is 158 Å². The third-order valence-corrected chi connectivity index (χ3v) is 18.6. The van der Waals surface area contributed by atoms with E-state index in [1.165, 1.54) is 64.2 Å². The normalized spacial score (nSPS) is 14.8. The second-order valence-electron chi connectivity index (χ2n) is 26.8. The van der Waals surface area contributed by atoms with Gasteiger partial charge in [-0.15, -0.1) is 0 Å². The fraction of sp³-hybridized carbons (Fsp3) is 0.667. The van der Waals surface area contributed by atoms with Crippen molar-refractivity contribution >= 4 is 33.6 Å². The van der Waals surface area contributed by atoms with E-state index in [2.05, 4.69) is 179 Å². The predicted octanol–water partition coefficient (Wildman–Crippen LogP) is 24.2. The van der Waals surface area contributed by atoms with E-state index >= 15 is 0 Å². The summed E-state index contributed by atoms with van der Waals surface area (Å²) in [7, 11) is -9.81. The van der Waals surface area contributed by atoms with Gasteiger partial charge in [0.25, 0.3) is 0 Å².